The SMILES string of the molecule is Cc1nc(-c2c3n(c(=O)n(CC(=O)Nc4cc(Cl)ccc4C)c2=O)CCCCC3)no1. The summed E-state index contributed by atoms with van der Waals surface area (Å²) < 4.78 is 7.56. The first-order chi connectivity index (χ1) is 14.8. The van der Waals surface area contributed by atoms with Crippen molar-refractivity contribution in [3.63, 3.8) is 0 Å². The van der Waals surface area contributed by atoms with Crippen LogP contribution in [-0.4, -0.2) is 25.2 Å². The highest BCUT2D eigenvalue weighted by Crippen LogP contribution is 2.22. The lowest BCUT2D eigenvalue weighted by Crippen LogP contribution is -2.44. The van der Waals surface area contributed by atoms with E-state index in [2.05, 4.69) is 15.5 Å². The van der Waals surface area contributed by atoms with Crippen LogP contribution in [-0.2, 0) is 24.3 Å². The highest BCUT2D eigenvalue weighted by Gasteiger charge is 2.25. The standard InChI is InChI=1S/C21H22ClN5O4/c1-12-7-8-14(22)10-15(12)24-17(28)11-27-20(29)18(19-23-13(2)31-25-19)16-6-4-3-5-9-26(16)21(27)30/h7-8,10H,3-6,9,11H2,1-2H3,(H,24,28). The zero-order chi connectivity index (χ0) is 22.1. The molecule has 1 N–H and O–H groups in total. The number of hydrogen-bond acceptors (Lipinski definition) is 6. The molecule has 10 heteroatoms. The number of anilines is 1. The molecule has 0 aliphatic carbocycles. The number of amides is 1. The van der Waals surface area contributed by atoms with Crippen LogP contribution in [0.15, 0.2) is 32.3 Å². The fraction of sp³-hybridized carbons (Fsp3) is 0.381. The van der Waals surface area contributed by atoms with E-state index in [9.17, 15) is 14.4 Å². The predicted octanol–water partition coefficient (Wildman–Crippen LogP) is 2.70. The molecule has 0 fully saturated rings. The lowest BCUT2D eigenvalue weighted by molar-refractivity contribution is -0.116. The van der Waals surface area contributed by atoms with E-state index < -0.39 is 23.7 Å². The summed E-state index contributed by atoms with van der Waals surface area (Å²) in [6.45, 7) is 3.48. The number of aromatic nitrogens is 4. The summed E-state index contributed by atoms with van der Waals surface area (Å²) in [7, 11) is 0. The average molecular weight is 444 g/mol. The Morgan fingerprint density at radius 3 is 2.77 bits per heavy atom. The van der Waals surface area contributed by atoms with Gasteiger partial charge in [-0.2, -0.15) is 4.98 Å². The van der Waals surface area contributed by atoms with E-state index in [1.807, 2.05) is 6.92 Å². The monoisotopic (exact) mass is 443 g/mol. The summed E-state index contributed by atoms with van der Waals surface area (Å²) >= 11 is 6.01. The number of carbonyl (C=O) groups is 1. The van der Waals surface area contributed by atoms with Gasteiger partial charge in [0.05, 0.1) is 0 Å². The fourth-order valence-electron chi connectivity index (χ4n) is 3.80. The Morgan fingerprint density at radius 1 is 1.23 bits per heavy atom. The number of nitrogens with one attached hydrogen (secondary N) is 1. The van der Waals surface area contributed by atoms with Crippen molar-refractivity contribution in [2.24, 2.45) is 0 Å². The Hall–Kier alpha value is -3.20. The van der Waals surface area contributed by atoms with Gasteiger partial charge in [-0.05, 0) is 43.9 Å². The summed E-state index contributed by atoms with van der Waals surface area (Å²) in [5.41, 5.74) is 1.03. The van der Waals surface area contributed by atoms with Crippen LogP contribution in [0.5, 0.6) is 0 Å². The maximum Gasteiger partial charge on any atom is 0.331 e. The minimum Gasteiger partial charge on any atom is -0.339 e. The maximum atomic E-state index is 13.3. The van der Waals surface area contributed by atoms with Gasteiger partial charge in [-0.15, -0.1) is 0 Å². The second kappa shape index (κ2) is 8.50. The van der Waals surface area contributed by atoms with Crippen molar-refractivity contribution < 1.29 is 9.32 Å². The van der Waals surface area contributed by atoms with Crippen molar-refractivity contribution in [1.82, 2.24) is 19.3 Å². The summed E-state index contributed by atoms with van der Waals surface area (Å²) in [5, 5.41) is 7.09. The Bertz CT molecular complexity index is 1270. The lowest BCUT2D eigenvalue weighted by Gasteiger charge is -2.16. The molecule has 31 heavy (non-hydrogen) atoms. The second-order valence-electron chi connectivity index (χ2n) is 7.60. The number of halogens is 1. The van der Waals surface area contributed by atoms with E-state index in [1.165, 1.54) is 0 Å². The number of fused-ring (bicyclic) bond motifs is 1. The first-order valence-electron chi connectivity index (χ1n) is 10.1. The van der Waals surface area contributed by atoms with Crippen LogP contribution < -0.4 is 16.6 Å². The van der Waals surface area contributed by atoms with E-state index in [1.54, 1.807) is 29.7 Å². The zero-order valence-electron chi connectivity index (χ0n) is 17.3. The minimum atomic E-state index is -0.600. The third-order valence-corrected chi connectivity index (χ3v) is 5.59. The molecular weight excluding hydrogens is 422 g/mol. The van der Waals surface area contributed by atoms with Crippen LogP contribution in [0, 0.1) is 13.8 Å². The first kappa shape index (κ1) is 21.0. The van der Waals surface area contributed by atoms with Gasteiger partial charge in [0.2, 0.25) is 17.6 Å². The van der Waals surface area contributed by atoms with Crippen molar-refractivity contribution >= 4 is 23.2 Å². The van der Waals surface area contributed by atoms with Crippen molar-refractivity contribution in [2.45, 2.75) is 52.6 Å². The Kier molecular flexibility index (Phi) is 5.77. The number of nitrogens with zero attached hydrogens (tertiary/aromatic N) is 4. The van der Waals surface area contributed by atoms with Gasteiger partial charge in [0.25, 0.3) is 5.56 Å². The molecule has 1 aliphatic heterocycles. The number of aryl methyl sites for hydroxylation is 2. The summed E-state index contributed by atoms with van der Waals surface area (Å²) in [6, 6.07) is 5.11. The van der Waals surface area contributed by atoms with Crippen LogP contribution in [0.1, 0.15) is 36.4 Å². The second-order valence-corrected chi connectivity index (χ2v) is 8.04. The molecule has 3 heterocycles. The number of carbonyl (C=O) groups excluding carboxylic acids is 1. The van der Waals surface area contributed by atoms with Gasteiger partial charge in [-0.3, -0.25) is 18.7 Å². The topological polar surface area (TPSA) is 112 Å². The van der Waals surface area contributed by atoms with E-state index >= 15 is 0 Å². The van der Waals surface area contributed by atoms with Crippen molar-refractivity contribution in [3.05, 3.63) is 61.2 Å². The molecule has 0 atom stereocenters. The van der Waals surface area contributed by atoms with Crippen LogP contribution in [0.25, 0.3) is 11.4 Å². The number of hydrogen-bond donors (Lipinski definition) is 1. The smallest absolute Gasteiger partial charge is 0.331 e. The molecule has 2 aromatic heterocycles. The van der Waals surface area contributed by atoms with Crippen molar-refractivity contribution in [1.29, 1.82) is 0 Å². The molecule has 4 rings (SSSR count). The van der Waals surface area contributed by atoms with Crippen LogP contribution >= 0.6 is 11.6 Å². The highest BCUT2D eigenvalue weighted by molar-refractivity contribution is 6.31. The van der Waals surface area contributed by atoms with Gasteiger partial charge in [-0.25, -0.2) is 4.79 Å². The van der Waals surface area contributed by atoms with Crippen LogP contribution in [0.4, 0.5) is 5.69 Å². The third-order valence-electron chi connectivity index (χ3n) is 5.36. The van der Waals surface area contributed by atoms with Gasteiger partial charge in [0.15, 0.2) is 0 Å². The van der Waals surface area contributed by atoms with E-state index in [0.717, 1.165) is 29.4 Å². The normalized spacial score (nSPS) is 13.5. The summed E-state index contributed by atoms with van der Waals surface area (Å²) in [4.78, 5) is 43.4. The molecule has 1 aromatic carbocycles. The minimum absolute atomic E-state index is 0.132. The number of rotatable bonds is 4. The molecule has 0 saturated heterocycles. The average Bonchev–Trinajstić information content (AvgIpc) is 3.00. The Balaban J connectivity index is 1.78. The Morgan fingerprint density at radius 2 is 2.03 bits per heavy atom. The third kappa shape index (κ3) is 4.18. The lowest BCUT2D eigenvalue weighted by atomic mass is 10.1. The molecular formula is C21H22ClN5O4. The maximum absolute atomic E-state index is 13.3. The van der Waals surface area contributed by atoms with E-state index in [0.29, 0.717) is 35.3 Å². The van der Waals surface area contributed by atoms with Crippen LogP contribution in [0.3, 0.4) is 0 Å². The molecule has 0 spiro atoms. The largest absolute Gasteiger partial charge is 0.339 e. The predicted molar refractivity (Wildman–Crippen MR) is 115 cm³/mol. The summed E-state index contributed by atoms with van der Waals surface area (Å²) in [6.07, 6.45) is 3.15. The van der Waals surface area contributed by atoms with Gasteiger partial charge >= 0.3 is 5.69 Å². The van der Waals surface area contributed by atoms with Crippen LogP contribution in [0.2, 0.25) is 5.02 Å². The van der Waals surface area contributed by atoms with Gasteiger partial charge in [0, 0.05) is 29.9 Å². The fourth-order valence-corrected chi connectivity index (χ4v) is 3.97. The molecule has 1 amide bonds. The van der Waals surface area contributed by atoms with E-state index in [4.69, 9.17) is 16.1 Å². The van der Waals surface area contributed by atoms with E-state index in [-0.39, 0.29) is 11.4 Å². The molecule has 0 saturated carbocycles. The van der Waals surface area contributed by atoms with Gasteiger partial charge in [-0.1, -0.05) is 29.2 Å². The quantitative estimate of drug-likeness (QED) is 0.663. The number of benzene rings is 1. The molecule has 0 unspecified atom stereocenters. The molecule has 9 nitrogen and oxygen atoms in total. The zero-order valence-corrected chi connectivity index (χ0v) is 18.0. The molecule has 0 radical (unpaired) electrons. The van der Waals surface area contributed by atoms with Gasteiger partial charge in [0.1, 0.15) is 12.1 Å². The first-order valence-corrected chi connectivity index (χ1v) is 10.5. The highest BCUT2D eigenvalue weighted by atomic mass is 35.5. The molecule has 0 bridgehead atoms. The summed E-state index contributed by atoms with van der Waals surface area (Å²) in [5.74, 6) is -0.0596. The van der Waals surface area contributed by atoms with Crippen molar-refractivity contribution in [3.8, 4) is 11.4 Å². The van der Waals surface area contributed by atoms with Gasteiger partial charge < -0.3 is 9.84 Å². The Labute approximate surface area is 182 Å². The molecule has 162 valence electrons. The molecule has 3 aromatic rings. The molecule has 1 aliphatic rings. The van der Waals surface area contributed by atoms with Crippen molar-refractivity contribution in [2.75, 3.05) is 5.32 Å².